The zero-order valence-electron chi connectivity index (χ0n) is 10.8. The third kappa shape index (κ3) is 3.10. The molecule has 0 radical (unpaired) electrons. The Morgan fingerprint density at radius 2 is 2.00 bits per heavy atom. The Morgan fingerprint density at radius 1 is 1.30 bits per heavy atom. The van der Waals surface area contributed by atoms with Gasteiger partial charge in [-0.15, -0.1) is 11.3 Å². The standard InChI is InChI=1S/C13H14BrN3O2S/c1-7(18)16-5-6-17-13(19)12-11(15)10-8(14)3-2-4-9(10)20-12/h2-4H,5-6,15H2,1H3,(H,16,18)(H,17,19). The molecule has 2 rings (SSSR count). The maximum absolute atomic E-state index is 12.1. The Kier molecular flexibility index (Phi) is 4.61. The smallest absolute Gasteiger partial charge is 0.263 e. The van der Waals surface area contributed by atoms with E-state index >= 15 is 0 Å². The van der Waals surface area contributed by atoms with Crippen LogP contribution in [0.4, 0.5) is 5.69 Å². The summed E-state index contributed by atoms with van der Waals surface area (Å²) in [6.07, 6.45) is 0. The minimum absolute atomic E-state index is 0.121. The lowest BCUT2D eigenvalue weighted by molar-refractivity contribution is -0.118. The third-order valence-corrected chi connectivity index (χ3v) is 4.52. The lowest BCUT2D eigenvalue weighted by Gasteiger charge is -2.04. The molecule has 0 unspecified atom stereocenters. The minimum Gasteiger partial charge on any atom is -0.397 e. The van der Waals surface area contributed by atoms with Crippen LogP contribution in [0.25, 0.3) is 10.1 Å². The highest BCUT2D eigenvalue weighted by atomic mass is 79.9. The van der Waals surface area contributed by atoms with Crippen LogP contribution in [0.5, 0.6) is 0 Å². The van der Waals surface area contributed by atoms with Gasteiger partial charge in [-0.05, 0) is 12.1 Å². The second-order valence-electron chi connectivity index (χ2n) is 4.20. The molecule has 106 valence electrons. The summed E-state index contributed by atoms with van der Waals surface area (Å²) >= 11 is 4.79. The molecule has 0 atom stereocenters. The van der Waals surface area contributed by atoms with Crippen molar-refractivity contribution < 1.29 is 9.59 Å². The van der Waals surface area contributed by atoms with E-state index in [1.165, 1.54) is 18.3 Å². The number of carbonyl (C=O) groups excluding carboxylic acids is 2. The normalized spacial score (nSPS) is 10.5. The summed E-state index contributed by atoms with van der Waals surface area (Å²) in [5, 5.41) is 6.22. The summed E-state index contributed by atoms with van der Waals surface area (Å²) in [6, 6.07) is 5.72. The molecule has 2 aromatic rings. The van der Waals surface area contributed by atoms with Crippen molar-refractivity contribution in [3.8, 4) is 0 Å². The predicted molar refractivity (Wildman–Crippen MR) is 85.0 cm³/mol. The average Bonchev–Trinajstić information content (AvgIpc) is 2.73. The zero-order valence-corrected chi connectivity index (χ0v) is 13.2. The van der Waals surface area contributed by atoms with E-state index in [0.29, 0.717) is 23.7 Å². The van der Waals surface area contributed by atoms with Gasteiger partial charge in [-0.3, -0.25) is 9.59 Å². The van der Waals surface area contributed by atoms with Crippen LogP contribution in [0.3, 0.4) is 0 Å². The highest BCUT2D eigenvalue weighted by Crippen LogP contribution is 2.37. The first-order chi connectivity index (χ1) is 9.50. The van der Waals surface area contributed by atoms with Gasteiger partial charge in [-0.1, -0.05) is 22.0 Å². The van der Waals surface area contributed by atoms with Gasteiger partial charge >= 0.3 is 0 Å². The van der Waals surface area contributed by atoms with Gasteiger partial charge in [0.25, 0.3) is 5.91 Å². The van der Waals surface area contributed by atoms with Crippen molar-refractivity contribution in [2.24, 2.45) is 0 Å². The summed E-state index contributed by atoms with van der Waals surface area (Å²) in [5.74, 6) is -0.342. The molecule has 2 amide bonds. The third-order valence-electron chi connectivity index (χ3n) is 2.69. The summed E-state index contributed by atoms with van der Waals surface area (Å²) in [4.78, 5) is 23.3. The Balaban J connectivity index is 2.13. The molecule has 0 saturated heterocycles. The quantitative estimate of drug-likeness (QED) is 0.734. The minimum atomic E-state index is -0.221. The number of nitrogen functional groups attached to an aromatic ring is 1. The molecule has 7 heteroatoms. The number of nitrogens with one attached hydrogen (secondary N) is 2. The van der Waals surface area contributed by atoms with Crippen LogP contribution in [-0.4, -0.2) is 24.9 Å². The highest BCUT2D eigenvalue weighted by Gasteiger charge is 2.17. The number of hydrogen-bond acceptors (Lipinski definition) is 4. The van der Waals surface area contributed by atoms with Gasteiger partial charge in [0, 0.05) is 34.6 Å². The van der Waals surface area contributed by atoms with E-state index in [4.69, 9.17) is 5.73 Å². The van der Waals surface area contributed by atoms with Crippen LogP contribution >= 0.6 is 27.3 Å². The number of hydrogen-bond donors (Lipinski definition) is 3. The van der Waals surface area contributed by atoms with Crippen molar-refractivity contribution in [3.63, 3.8) is 0 Å². The van der Waals surface area contributed by atoms with Gasteiger partial charge in [0.1, 0.15) is 4.88 Å². The first-order valence-corrected chi connectivity index (χ1v) is 7.60. The number of rotatable bonds is 4. The molecule has 0 aliphatic rings. The number of amides is 2. The van der Waals surface area contributed by atoms with Crippen LogP contribution in [0.1, 0.15) is 16.6 Å². The molecule has 5 nitrogen and oxygen atoms in total. The molecule has 1 aromatic carbocycles. The number of anilines is 1. The summed E-state index contributed by atoms with van der Waals surface area (Å²) in [5.41, 5.74) is 6.52. The van der Waals surface area contributed by atoms with Gasteiger partial charge in [0.15, 0.2) is 0 Å². The van der Waals surface area contributed by atoms with Crippen molar-refractivity contribution in [2.75, 3.05) is 18.8 Å². The van der Waals surface area contributed by atoms with Gasteiger partial charge < -0.3 is 16.4 Å². The van der Waals surface area contributed by atoms with Gasteiger partial charge in [-0.2, -0.15) is 0 Å². The summed E-state index contributed by atoms with van der Waals surface area (Å²) in [6.45, 7) is 2.20. The fourth-order valence-electron chi connectivity index (χ4n) is 1.79. The second-order valence-corrected chi connectivity index (χ2v) is 6.10. The van der Waals surface area contributed by atoms with E-state index in [1.807, 2.05) is 18.2 Å². The van der Waals surface area contributed by atoms with Crippen LogP contribution in [0, 0.1) is 0 Å². The summed E-state index contributed by atoms with van der Waals surface area (Å²) in [7, 11) is 0. The molecule has 1 aromatic heterocycles. The van der Waals surface area contributed by atoms with Crippen molar-refractivity contribution in [2.45, 2.75) is 6.92 Å². The van der Waals surface area contributed by atoms with E-state index in [0.717, 1.165) is 14.6 Å². The van der Waals surface area contributed by atoms with E-state index in [-0.39, 0.29) is 11.8 Å². The summed E-state index contributed by atoms with van der Waals surface area (Å²) < 4.78 is 1.84. The lowest BCUT2D eigenvalue weighted by Crippen LogP contribution is -2.33. The van der Waals surface area contributed by atoms with Gasteiger partial charge in [0.05, 0.1) is 5.69 Å². The molecule has 0 aliphatic carbocycles. The molecule has 0 spiro atoms. The molecule has 20 heavy (non-hydrogen) atoms. The SMILES string of the molecule is CC(=O)NCCNC(=O)c1sc2cccc(Br)c2c1N. The second kappa shape index (κ2) is 6.23. The first-order valence-electron chi connectivity index (χ1n) is 6.00. The van der Waals surface area contributed by atoms with E-state index in [1.54, 1.807) is 0 Å². The van der Waals surface area contributed by atoms with Crippen molar-refractivity contribution in [1.82, 2.24) is 10.6 Å². The van der Waals surface area contributed by atoms with Crippen molar-refractivity contribution in [3.05, 3.63) is 27.5 Å². The van der Waals surface area contributed by atoms with Crippen molar-refractivity contribution >= 4 is 54.9 Å². The Morgan fingerprint density at radius 3 is 2.65 bits per heavy atom. The average molecular weight is 356 g/mol. The monoisotopic (exact) mass is 355 g/mol. The molecular weight excluding hydrogens is 342 g/mol. The molecule has 4 N–H and O–H groups in total. The van der Waals surface area contributed by atoms with Crippen molar-refractivity contribution in [1.29, 1.82) is 0 Å². The van der Waals surface area contributed by atoms with E-state index in [2.05, 4.69) is 26.6 Å². The fourth-order valence-corrected chi connectivity index (χ4v) is 3.57. The molecule has 1 heterocycles. The van der Waals surface area contributed by atoms with Crippen LogP contribution < -0.4 is 16.4 Å². The number of nitrogens with two attached hydrogens (primary N) is 1. The molecule has 0 aliphatic heterocycles. The number of halogens is 1. The largest absolute Gasteiger partial charge is 0.397 e. The highest BCUT2D eigenvalue weighted by molar-refractivity contribution is 9.10. The zero-order chi connectivity index (χ0) is 14.7. The van der Waals surface area contributed by atoms with Crippen LogP contribution in [0.15, 0.2) is 22.7 Å². The Labute approximate surface area is 128 Å². The van der Waals surface area contributed by atoms with Crippen LogP contribution in [-0.2, 0) is 4.79 Å². The molecule has 0 saturated carbocycles. The Bertz CT molecular complexity index is 669. The number of fused-ring (bicyclic) bond motifs is 1. The maximum atomic E-state index is 12.1. The van der Waals surface area contributed by atoms with Gasteiger partial charge in [0.2, 0.25) is 5.91 Å². The number of carbonyl (C=O) groups is 2. The lowest BCUT2D eigenvalue weighted by atomic mass is 10.2. The Hall–Kier alpha value is -1.60. The number of thiophene rings is 1. The van der Waals surface area contributed by atoms with E-state index < -0.39 is 0 Å². The predicted octanol–water partition coefficient (Wildman–Crippen LogP) is 2.11. The molecule has 0 bridgehead atoms. The number of benzene rings is 1. The molecule has 0 fully saturated rings. The first kappa shape index (κ1) is 14.8. The topological polar surface area (TPSA) is 84.2 Å². The maximum Gasteiger partial charge on any atom is 0.263 e. The van der Waals surface area contributed by atoms with Gasteiger partial charge in [-0.25, -0.2) is 0 Å². The fraction of sp³-hybridized carbons (Fsp3) is 0.231. The van der Waals surface area contributed by atoms with E-state index in [9.17, 15) is 9.59 Å². The molecular formula is C13H14BrN3O2S. The van der Waals surface area contributed by atoms with Crippen LogP contribution in [0.2, 0.25) is 0 Å².